The third-order valence-corrected chi connectivity index (χ3v) is 1.61. The zero-order valence-electron chi connectivity index (χ0n) is 7.29. The summed E-state index contributed by atoms with van der Waals surface area (Å²) < 4.78 is 10.1. The van der Waals surface area contributed by atoms with Crippen LogP contribution >= 0.6 is 11.6 Å². The van der Waals surface area contributed by atoms with Gasteiger partial charge in [0.2, 0.25) is 0 Å². The second-order valence-corrected chi connectivity index (χ2v) is 2.77. The van der Waals surface area contributed by atoms with Crippen molar-refractivity contribution in [1.82, 2.24) is 4.98 Å². The van der Waals surface area contributed by atoms with Gasteiger partial charge in [0.15, 0.2) is 0 Å². The number of halogens is 1. The van der Waals surface area contributed by atoms with Crippen LogP contribution in [0.3, 0.4) is 0 Å². The molecule has 1 aromatic heterocycles. The molecule has 0 atom stereocenters. The van der Waals surface area contributed by atoms with Crippen LogP contribution in [0.2, 0.25) is 5.15 Å². The second-order valence-electron chi connectivity index (χ2n) is 2.39. The Balaban J connectivity index is 2.59. The molecule has 0 aliphatic carbocycles. The zero-order valence-corrected chi connectivity index (χ0v) is 8.04. The molecule has 2 N–H and O–H groups in total. The molecule has 0 aromatic carbocycles. The van der Waals surface area contributed by atoms with E-state index in [1.807, 2.05) is 0 Å². The summed E-state index contributed by atoms with van der Waals surface area (Å²) in [7, 11) is 1.60. The van der Waals surface area contributed by atoms with Crippen LogP contribution in [0.15, 0.2) is 12.3 Å². The van der Waals surface area contributed by atoms with Gasteiger partial charge in [-0.15, -0.1) is 0 Å². The Morgan fingerprint density at radius 3 is 3.00 bits per heavy atom. The van der Waals surface area contributed by atoms with Crippen LogP contribution in [0.5, 0.6) is 5.75 Å². The van der Waals surface area contributed by atoms with E-state index in [2.05, 4.69) is 4.98 Å². The molecule has 0 aliphatic rings. The van der Waals surface area contributed by atoms with Crippen LogP contribution in [0.4, 0.5) is 5.69 Å². The Morgan fingerprint density at radius 1 is 1.54 bits per heavy atom. The Hall–Kier alpha value is -1.00. The monoisotopic (exact) mass is 202 g/mol. The molecule has 0 saturated carbocycles. The SMILES string of the molecule is COCCOc1cc(Cl)ncc1N. The van der Waals surface area contributed by atoms with Gasteiger partial charge in [0, 0.05) is 13.2 Å². The van der Waals surface area contributed by atoms with Crippen LogP contribution in [-0.4, -0.2) is 25.3 Å². The maximum Gasteiger partial charge on any atom is 0.146 e. The van der Waals surface area contributed by atoms with E-state index in [1.165, 1.54) is 6.20 Å². The topological polar surface area (TPSA) is 57.4 Å². The molecule has 1 rings (SSSR count). The van der Waals surface area contributed by atoms with Crippen molar-refractivity contribution in [2.45, 2.75) is 0 Å². The number of nitrogen functional groups attached to an aromatic ring is 1. The summed E-state index contributed by atoms with van der Waals surface area (Å²) >= 11 is 5.65. The Labute approximate surface area is 81.6 Å². The van der Waals surface area contributed by atoms with E-state index in [0.29, 0.717) is 29.8 Å². The van der Waals surface area contributed by atoms with Gasteiger partial charge in [-0.25, -0.2) is 4.98 Å². The number of ether oxygens (including phenoxy) is 2. The summed E-state index contributed by atoms with van der Waals surface area (Å²) in [5.41, 5.74) is 6.06. The van der Waals surface area contributed by atoms with Crippen molar-refractivity contribution in [3.05, 3.63) is 17.4 Å². The molecular formula is C8H11ClN2O2. The maximum absolute atomic E-state index is 5.65. The summed E-state index contributed by atoms with van der Waals surface area (Å²) in [4.78, 5) is 3.80. The Bertz CT molecular complexity index is 281. The zero-order chi connectivity index (χ0) is 9.68. The molecule has 0 radical (unpaired) electrons. The number of methoxy groups -OCH3 is 1. The summed E-state index contributed by atoms with van der Waals surface area (Å²) in [5, 5.41) is 0.363. The first-order chi connectivity index (χ1) is 6.24. The van der Waals surface area contributed by atoms with Gasteiger partial charge >= 0.3 is 0 Å². The molecule has 0 spiro atoms. The number of pyridine rings is 1. The average Bonchev–Trinajstić information content (AvgIpc) is 2.11. The van der Waals surface area contributed by atoms with Crippen LogP contribution in [0.1, 0.15) is 0 Å². The molecule has 1 aromatic rings. The van der Waals surface area contributed by atoms with E-state index in [-0.39, 0.29) is 0 Å². The highest BCUT2D eigenvalue weighted by atomic mass is 35.5. The number of rotatable bonds is 4. The minimum atomic E-state index is 0.363. The molecule has 4 nitrogen and oxygen atoms in total. The number of aromatic nitrogens is 1. The van der Waals surface area contributed by atoms with Crippen molar-refractivity contribution in [3.8, 4) is 5.75 Å². The van der Waals surface area contributed by atoms with Gasteiger partial charge in [0.1, 0.15) is 17.5 Å². The predicted molar refractivity (Wildman–Crippen MR) is 51.0 cm³/mol. The summed E-state index contributed by atoms with van der Waals surface area (Å²) in [6, 6.07) is 1.58. The predicted octanol–water partition coefficient (Wildman–Crippen LogP) is 1.34. The van der Waals surface area contributed by atoms with Crippen LogP contribution in [0, 0.1) is 0 Å². The lowest BCUT2D eigenvalue weighted by Crippen LogP contribution is -2.06. The third kappa shape index (κ3) is 3.08. The standard InChI is InChI=1S/C8H11ClN2O2/c1-12-2-3-13-7-4-8(9)11-5-6(7)10/h4-5H,2-3,10H2,1H3. The molecule has 5 heteroatoms. The first kappa shape index (κ1) is 10.1. The minimum absolute atomic E-state index is 0.363. The maximum atomic E-state index is 5.65. The molecule has 0 amide bonds. The molecule has 0 bridgehead atoms. The van der Waals surface area contributed by atoms with Gasteiger partial charge < -0.3 is 15.2 Å². The summed E-state index contributed by atoms with van der Waals surface area (Å²) in [5.74, 6) is 0.539. The molecule has 72 valence electrons. The lowest BCUT2D eigenvalue weighted by Gasteiger charge is -2.07. The highest BCUT2D eigenvalue weighted by Crippen LogP contribution is 2.22. The normalized spacial score (nSPS) is 10.0. The van der Waals surface area contributed by atoms with Gasteiger partial charge in [-0.3, -0.25) is 0 Å². The number of anilines is 1. The van der Waals surface area contributed by atoms with Gasteiger partial charge in [0.25, 0.3) is 0 Å². The fraction of sp³-hybridized carbons (Fsp3) is 0.375. The lowest BCUT2D eigenvalue weighted by atomic mass is 10.4. The molecule has 13 heavy (non-hydrogen) atoms. The smallest absolute Gasteiger partial charge is 0.146 e. The molecule has 0 fully saturated rings. The lowest BCUT2D eigenvalue weighted by molar-refractivity contribution is 0.146. The van der Waals surface area contributed by atoms with E-state index in [9.17, 15) is 0 Å². The van der Waals surface area contributed by atoms with E-state index in [4.69, 9.17) is 26.8 Å². The Morgan fingerprint density at radius 2 is 2.31 bits per heavy atom. The largest absolute Gasteiger partial charge is 0.489 e. The molecule has 0 saturated heterocycles. The van der Waals surface area contributed by atoms with Crippen molar-refractivity contribution >= 4 is 17.3 Å². The van der Waals surface area contributed by atoms with Gasteiger partial charge in [-0.1, -0.05) is 11.6 Å². The first-order valence-corrected chi connectivity index (χ1v) is 4.14. The fourth-order valence-corrected chi connectivity index (χ4v) is 0.931. The average molecular weight is 203 g/mol. The summed E-state index contributed by atoms with van der Waals surface area (Å²) in [6.07, 6.45) is 1.46. The highest BCUT2D eigenvalue weighted by molar-refractivity contribution is 6.29. The molecule has 0 unspecified atom stereocenters. The number of nitrogens with two attached hydrogens (primary N) is 1. The summed E-state index contributed by atoms with van der Waals surface area (Å²) in [6.45, 7) is 0.959. The Kier molecular flexibility index (Phi) is 3.79. The number of hydrogen-bond donors (Lipinski definition) is 1. The van der Waals surface area contributed by atoms with E-state index >= 15 is 0 Å². The van der Waals surface area contributed by atoms with Crippen LogP contribution in [0.25, 0.3) is 0 Å². The molecule has 1 heterocycles. The molecule has 0 aliphatic heterocycles. The fourth-order valence-electron chi connectivity index (χ4n) is 0.784. The van der Waals surface area contributed by atoms with Gasteiger partial charge in [-0.2, -0.15) is 0 Å². The van der Waals surface area contributed by atoms with Crippen LogP contribution in [-0.2, 0) is 4.74 Å². The number of hydrogen-bond acceptors (Lipinski definition) is 4. The quantitative estimate of drug-likeness (QED) is 0.592. The second kappa shape index (κ2) is 4.89. The van der Waals surface area contributed by atoms with E-state index in [0.717, 1.165) is 0 Å². The third-order valence-electron chi connectivity index (χ3n) is 1.41. The van der Waals surface area contributed by atoms with Crippen molar-refractivity contribution in [2.24, 2.45) is 0 Å². The van der Waals surface area contributed by atoms with Gasteiger partial charge in [0.05, 0.1) is 18.5 Å². The number of nitrogens with zero attached hydrogens (tertiary/aromatic N) is 1. The highest BCUT2D eigenvalue weighted by Gasteiger charge is 2.01. The minimum Gasteiger partial charge on any atom is -0.489 e. The van der Waals surface area contributed by atoms with Crippen LogP contribution < -0.4 is 10.5 Å². The van der Waals surface area contributed by atoms with E-state index < -0.39 is 0 Å². The van der Waals surface area contributed by atoms with Crippen molar-refractivity contribution < 1.29 is 9.47 Å². The van der Waals surface area contributed by atoms with E-state index in [1.54, 1.807) is 13.2 Å². The molecular weight excluding hydrogens is 192 g/mol. The van der Waals surface area contributed by atoms with Crippen molar-refractivity contribution in [3.63, 3.8) is 0 Å². The van der Waals surface area contributed by atoms with Crippen molar-refractivity contribution in [2.75, 3.05) is 26.1 Å². The first-order valence-electron chi connectivity index (χ1n) is 3.77. The van der Waals surface area contributed by atoms with Gasteiger partial charge in [-0.05, 0) is 0 Å². The van der Waals surface area contributed by atoms with Crippen molar-refractivity contribution in [1.29, 1.82) is 0 Å².